The molecular weight excluding hydrogens is 378 g/mol. The number of hydrogen-bond acceptors (Lipinski definition) is 4. The lowest BCUT2D eigenvalue weighted by molar-refractivity contribution is -0.119. The standard InChI is InChI=1S/C24H21N3O3/c1-16-23(17(2)27(26-16)19-11-4-3-5-12-19)25-22(28)15-30-24(29)21-14-8-10-18-9-6-7-13-20(18)21/h3-14H,15H2,1-2H3,(H,25,28). The van der Waals surface area contributed by atoms with Gasteiger partial charge >= 0.3 is 5.97 Å². The lowest BCUT2D eigenvalue weighted by Gasteiger charge is -2.09. The number of para-hydroxylation sites is 1. The van der Waals surface area contributed by atoms with E-state index >= 15 is 0 Å². The second-order valence-corrected chi connectivity index (χ2v) is 6.94. The first-order valence-corrected chi connectivity index (χ1v) is 9.61. The third-order valence-electron chi connectivity index (χ3n) is 4.90. The number of esters is 1. The molecule has 0 saturated heterocycles. The quantitative estimate of drug-likeness (QED) is 0.504. The fourth-order valence-electron chi connectivity index (χ4n) is 3.43. The highest BCUT2D eigenvalue weighted by Gasteiger charge is 2.17. The molecule has 0 radical (unpaired) electrons. The Bertz CT molecular complexity index is 1220. The first-order chi connectivity index (χ1) is 14.5. The molecule has 0 atom stereocenters. The molecule has 4 aromatic rings. The van der Waals surface area contributed by atoms with E-state index in [1.807, 2.05) is 74.5 Å². The number of carbonyl (C=O) groups excluding carboxylic acids is 2. The number of aryl methyl sites for hydroxylation is 1. The Morgan fingerprint density at radius 1 is 0.933 bits per heavy atom. The van der Waals surface area contributed by atoms with E-state index in [2.05, 4.69) is 10.4 Å². The van der Waals surface area contributed by atoms with Crippen molar-refractivity contribution in [3.63, 3.8) is 0 Å². The molecule has 1 N–H and O–H groups in total. The predicted octanol–water partition coefficient (Wildman–Crippen LogP) is 4.44. The van der Waals surface area contributed by atoms with Gasteiger partial charge in [0.25, 0.3) is 5.91 Å². The number of nitrogens with zero attached hydrogens (tertiary/aromatic N) is 2. The molecule has 6 heteroatoms. The van der Waals surface area contributed by atoms with Gasteiger partial charge in [-0.25, -0.2) is 9.48 Å². The molecule has 0 aliphatic carbocycles. The van der Waals surface area contributed by atoms with E-state index in [9.17, 15) is 9.59 Å². The van der Waals surface area contributed by atoms with Crippen molar-refractivity contribution in [3.05, 3.63) is 89.7 Å². The normalized spacial score (nSPS) is 10.7. The molecule has 0 aliphatic heterocycles. The van der Waals surface area contributed by atoms with Crippen LogP contribution in [0.1, 0.15) is 21.7 Å². The summed E-state index contributed by atoms with van der Waals surface area (Å²) in [6.45, 7) is 3.33. The van der Waals surface area contributed by atoms with Crippen molar-refractivity contribution in [3.8, 4) is 5.69 Å². The van der Waals surface area contributed by atoms with Crippen LogP contribution in [0.3, 0.4) is 0 Å². The van der Waals surface area contributed by atoms with Crippen LogP contribution in [0.4, 0.5) is 5.69 Å². The van der Waals surface area contributed by atoms with E-state index in [1.54, 1.807) is 16.8 Å². The second-order valence-electron chi connectivity index (χ2n) is 6.94. The van der Waals surface area contributed by atoms with Crippen LogP contribution in [-0.4, -0.2) is 28.3 Å². The summed E-state index contributed by atoms with van der Waals surface area (Å²) in [7, 11) is 0. The predicted molar refractivity (Wildman–Crippen MR) is 116 cm³/mol. The van der Waals surface area contributed by atoms with Gasteiger partial charge in [0.2, 0.25) is 0 Å². The summed E-state index contributed by atoms with van der Waals surface area (Å²) in [5.41, 5.74) is 3.44. The molecule has 150 valence electrons. The van der Waals surface area contributed by atoms with Gasteiger partial charge in [-0.2, -0.15) is 5.10 Å². The number of ether oxygens (including phenoxy) is 1. The van der Waals surface area contributed by atoms with Crippen LogP contribution < -0.4 is 5.32 Å². The minimum atomic E-state index is -0.532. The molecule has 3 aromatic carbocycles. The van der Waals surface area contributed by atoms with E-state index in [0.717, 1.165) is 22.2 Å². The number of amides is 1. The highest BCUT2D eigenvalue weighted by atomic mass is 16.5. The van der Waals surface area contributed by atoms with E-state index in [-0.39, 0.29) is 6.61 Å². The summed E-state index contributed by atoms with van der Waals surface area (Å²) in [4.78, 5) is 25.0. The summed E-state index contributed by atoms with van der Waals surface area (Å²) in [6, 6.07) is 22.6. The molecule has 6 nitrogen and oxygen atoms in total. The molecule has 0 aliphatic rings. The van der Waals surface area contributed by atoms with E-state index in [0.29, 0.717) is 16.9 Å². The Hall–Kier alpha value is -3.93. The van der Waals surface area contributed by atoms with Crippen molar-refractivity contribution < 1.29 is 14.3 Å². The van der Waals surface area contributed by atoms with Crippen molar-refractivity contribution in [2.75, 3.05) is 11.9 Å². The van der Waals surface area contributed by atoms with E-state index < -0.39 is 11.9 Å². The average Bonchev–Trinajstić information content (AvgIpc) is 3.06. The van der Waals surface area contributed by atoms with Gasteiger partial charge in [0.15, 0.2) is 6.61 Å². The Morgan fingerprint density at radius 3 is 2.43 bits per heavy atom. The Labute approximate surface area is 174 Å². The maximum Gasteiger partial charge on any atom is 0.339 e. The summed E-state index contributed by atoms with van der Waals surface area (Å²) in [5.74, 6) is -0.947. The molecule has 1 heterocycles. The first-order valence-electron chi connectivity index (χ1n) is 9.61. The molecule has 30 heavy (non-hydrogen) atoms. The zero-order valence-corrected chi connectivity index (χ0v) is 16.8. The van der Waals surface area contributed by atoms with Crippen LogP contribution in [0, 0.1) is 13.8 Å². The van der Waals surface area contributed by atoms with Gasteiger partial charge in [-0.15, -0.1) is 0 Å². The molecule has 4 rings (SSSR count). The molecule has 0 fully saturated rings. The number of carbonyl (C=O) groups is 2. The lowest BCUT2D eigenvalue weighted by atomic mass is 10.1. The Morgan fingerprint density at radius 2 is 1.63 bits per heavy atom. The number of hydrogen-bond donors (Lipinski definition) is 1. The fraction of sp³-hybridized carbons (Fsp3) is 0.125. The van der Waals surface area contributed by atoms with Crippen molar-refractivity contribution in [2.45, 2.75) is 13.8 Å². The van der Waals surface area contributed by atoms with Crippen molar-refractivity contribution in [1.29, 1.82) is 0 Å². The van der Waals surface area contributed by atoms with Crippen LogP contribution in [0.5, 0.6) is 0 Å². The SMILES string of the molecule is Cc1nn(-c2ccccc2)c(C)c1NC(=O)COC(=O)c1cccc2ccccc12. The van der Waals surface area contributed by atoms with Gasteiger partial charge in [-0.1, -0.05) is 54.6 Å². The summed E-state index contributed by atoms with van der Waals surface area (Å²) >= 11 is 0. The van der Waals surface area contributed by atoms with Crippen molar-refractivity contribution >= 4 is 28.3 Å². The smallest absolute Gasteiger partial charge is 0.339 e. The fourth-order valence-corrected chi connectivity index (χ4v) is 3.43. The van der Waals surface area contributed by atoms with Crippen LogP contribution in [0.15, 0.2) is 72.8 Å². The molecule has 0 unspecified atom stereocenters. The lowest BCUT2D eigenvalue weighted by Crippen LogP contribution is -2.21. The van der Waals surface area contributed by atoms with E-state index in [1.165, 1.54) is 0 Å². The van der Waals surface area contributed by atoms with Gasteiger partial charge in [0.05, 0.1) is 28.3 Å². The van der Waals surface area contributed by atoms with Gasteiger partial charge in [0, 0.05) is 0 Å². The molecule has 0 saturated carbocycles. The highest BCUT2D eigenvalue weighted by Crippen LogP contribution is 2.23. The zero-order valence-electron chi connectivity index (χ0n) is 16.8. The zero-order chi connectivity index (χ0) is 21.1. The third-order valence-corrected chi connectivity index (χ3v) is 4.90. The molecule has 0 spiro atoms. The Balaban J connectivity index is 1.45. The minimum absolute atomic E-state index is 0.378. The van der Waals surface area contributed by atoms with Crippen LogP contribution in [0.25, 0.3) is 16.5 Å². The van der Waals surface area contributed by atoms with Crippen LogP contribution in [0.2, 0.25) is 0 Å². The monoisotopic (exact) mass is 399 g/mol. The minimum Gasteiger partial charge on any atom is -0.452 e. The number of aromatic nitrogens is 2. The topological polar surface area (TPSA) is 73.2 Å². The average molecular weight is 399 g/mol. The summed E-state index contributed by atoms with van der Waals surface area (Å²) in [6.07, 6.45) is 0. The number of fused-ring (bicyclic) bond motifs is 1. The van der Waals surface area contributed by atoms with Crippen LogP contribution >= 0.6 is 0 Å². The van der Waals surface area contributed by atoms with E-state index in [4.69, 9.17) is 4.74 Å². The summed E-state index contributed by atoms with van der Waals surface area (Å²) < 4.78 is 7.03. The van der Waals surface area contributed by atoms with Gasteiger partial charge in [-0.3, -0.25) is 4.79 Å². The Kier molecular flexibility index (Phi) is 5.30. The maximum absolute atomic E-state index is 12.5. The molecule has 0 bridgehead atoms. The largest absolute Gasteiger partial charge is 0.452 e. The first kappa shape index (κ1) is 19.4. The van der Waals surface area contributed by atoms with Gasteiger partial charge < -0.3 is 10.1 Å². The molecule has 1 aromatic heterocycles. The third kappa shape index (κ3) is 3.80. The second kappa shape index (κ2) is 8.21. The van der Waals surface area contributed by atoms with Crippen LogP contribution in [-0.2, 0) is 9.53 Å². The van der Waals surface area contributed by atoms with Crippen molar-refractivity contribution in [1.82, 2.24) is 9.78 Å². The van der Waals surface area contributed by atoms with Gasteiger partial charge in [0.1, 0.15) is 0 Å². The molecular formula is C24H21N3O3. The van der Waals surface area contributed by atoms with Crippen molar-refractivity contribution in [2.24, 2.45) is 0 Å². The van der Waals surface area contributed by atoms with Gasteiger partial charge in [-0.05, 0) is 42.8 Å². The number of benzene rings is 3. The number of rotatable bonds is 5. The maximum atomic E-state index is 12.5. The number of anilines is 1. The molecule has 1 amide bonds. The number of nitrogens with one attached hydrogen (secondary N) is 1. The summed E-state index contributed by atoms with van der Waals surface area (Å²) in [5, 5.41) is 9.05. The highest BCUT2D eigenvalue weighted by molar-refractivity contribution is 6.05.